The lowest BCUT2D eigenvalue weighted by Crippen LogP contribution is -2.52. The fourth-order valence-corrected chi connectivity index (χ4v) is 4.65. The van der Waals surface area contributed by atoms with E-state index in [1.54, 1.807) is 17.0 Å². The summed E-state index contributed by atoms with van der Waals surface area (Å²) < 4.78 is 52.0. The number of alkyl halides is 3. The molecule has 0 fully saturated rings. The van der Waals surface area contributed by atoms with Crippen molar-refractivity contribution in [2.75, 3.05) is 40.0 Å². The van der Waals surface area contributed by atoms with Gasteiger partial charge in [-0.05, 0) is 30.7 Å². The normalized spacial score (nSPS) is 18.6. The summed E-state index contributed by atoms with van der Waals surface area (Å²) in [6, 6.07) is 10.7. The van der Waals surface area contributed by atoms with Crippen molar-refractivity contribution in [3.05, 3.63) is 53.2 Å². The zero-order chi connectivity index (χ0) is 25.0. The molecular formula is C25H32F3N5O2. The molecule has 190 valence electrons. The number of aromatic amines is 1. The second kappa shape index (κ2) is 10.8. The molecular weight excluding hydrogens is 459 g/mol. The molecule has 3 aromatic rings. The first-order chi connectivity index (χ1) is 16.8. The second-order valence-electron chi connectivity index (χ2n) is 8.87. The summed E-state index contributed by atoms with van der Waals surface area (Å²) >= 11 is 0. The average molecular weight is 492 g/mol. The highest BCUT2D eigenvalue weighted by Gasteiger charge is 2.41. The number of fused-ring (bicyclic) bond motifs is 3. The van der Waals surface area contributed by atoms with Gasteiger partial charge >= 0.3 is 0 Å². The van der Waals surface area contributed by atoms with Gasteiger partial charge < -0.3 is 25.5 Å². The van der Waals surface area contributed by atoms with E-state index in [9.17, 15) is 13.2 Å². The number of H-pyrrole nitrogens is 1. The number of halogens is 3. The van der Waals surface area contributed by atoms with Crippen LogP contribution in [0.1, 0.15) is 36.2 Å². The number of hydrogen-bond donors (Lipinski definition) is 3. The highest BCUT2D eigenvalue weighted by Crippen LogP contribution is 2.43. The van der Waals surface area contributed by atoms with Gasteiger partial charge in [-0.25, -0.2) is 8.78 Å². The molecule has 1 aliphatic rings. The van der Waals surface area contributed by atoms with Gasteiger partial charge in [0, 0.05) is 48.1 Å². The molecule has 0 spiro atoms. The first-order valence-electron chi connectivity index (χ1n) is 11.8. The third-order valence-electron chi connectivity index (χ3n) is 6.12. The van der Waals surface area contributed by atoms with E-state index in [1.807, 2.05) is 24.3 Å². The first kappa shape index (κ1) is 25.3. The Kier molecular flexibility index (Phi) is 7.83. The number of nitrogens with one attached hydrogen (secondary N) is 2. The second-order valence-corrected chi connectivity index (χ2v) is 8.87. The standard InChI is InChI=1S/C25H32F3N5O2/c1-25(27,28)15-33-20(29)14-18-16-6-3-4-7-19(16)31-22(18)23(33)17-8-9-21(32-24(17)34-2)35-13-12-30-11-5-10-26/h3-4,6-9,20,23,30-31H,5,10-15,29H2,1-2H3/t20-,23+/m0/s1. The number of aromatic nitrogens is 2. The summed E-state index contributed by atoms with van der Waals surface area (Å²) in [6.45, 7) is 1.47. The average Bonchev–Trinajstić information content (AvgIpc) is 3.19. The molecule has 1 aliphatic heterocycles. The number of nitrogens with two attached hydrogens (primary N) is 1. The van der Waals surface area contributed by atoms with Crippen LogP contribution in [-0.4, -0.2) is 67.0 Å². The number of benzene rings is 1. The number of para-hydroxylation sites is 1. The van der Waals surface area contributed by atoms with Gasteiger partial charge in [0.1, 0.15) is 6.61 Å². The van der Waals surface area contributed by atoms with Crippen LogP contribution in [0, 0.1) is 0 Å². The lowest BCUT2D eigenvalue weighted by atomic mass is 9.90. The smallest absolute Gasteiger partial charge is 0.257 e. The maximum Gasteiger partial charge on any atom is 0.257 e. The van der Waals surface area contributed by atoms with Crippen LogP contribution in [0.3, 0.4) is 0 Å². The number of ether oxygens (including phenoxy) is 2. The van der Waals surface area contributed by atoms with Gasteiger partial charge in [-0.2, -0.15) is 4.98 Å². The Balaban J connectivity index is 1.68. The maximum atomic E-state index is 14.2. The molecule has 4 rings (SSSR count). The van der Waals surface area contributed by atoms with Crippen LogP contribution in [0.4, 0.5) is 13.2 Å². The van der Waals surface area contributed by atoms with Crippen molar-refractivity contribution < 1.29 is 22.6 Å². The predicted octanol–water partition coefficient (Wildman–Crippen LogP) is 3.79. The Morgan fingerprint density at radius 2 is 2.03 bits per heavy atom. The van der Waals surface area contributed by atoms with E-state index < -0.39 is 24.7 Å². The Morgan fingerprint density at radius 1 is 1.23 bits per heavy atom. The molecule has 0 aliphatic carbocycles. The van der Waals surface area contributed by atoms with Gasteiger partial charge in [0.15, 0.2) is 0 Å². The summed E-state index contributed by atoms with van der Waals surface area (Å²) in [6.07, 6.45) is 0.277. The largest absolute Gasteiger partial charge is 0.481 e. The van der Waals surface area contributed by atoms with Crippen molar-refractivity contribution in [2.45, 2.75) is 37.9 Å². The van der Waals surface area contributed by atoms with Crippen LogP contribution in [0.25, 0.3) is 10.9 Å². The lowest BCUT2D eigenvalue weighted by molar-refractivity contribution is -0.0386. The fraction of sp³-hybridized carbons (Fsp3) is 0.480. The van der Waals surface area contributed by atoms with Crippen molar-refractivity contribution in [1.29, 1.82) is 0 Å². The molecule has 1 aromatic carbocycles. The Bertz CT molecular complexity index is 1130. The highest BCUT2D eigenvalue weighted by atomic mass is 19.3. The Hall–Kier alpha value is -2.82. The van der Waals surface area contributed by atoms with Gasteiger partial charge in [0.2, 0.25) is 11.8 Å². The number of rotatable bonds is 11. The molecule has 0 unspecified atom stereocenters. The van der Waals surface area contributed by atoms with Crippen LogP contribution >= 0.6 is 0 Å². The van der Waals surface area contributed by atoms with E-state index in [1.165, 1.54) is 7.11 Å². The van der Waals surface area contributed by atoms with Crippen molar-refractivity contribution in [3.63, 3.8) is 0 Å². The molecule has 0 radical (unpaired) electrons. The van der Waals surface area contributed by atoms with Gasteiger partial charge in [-0.3, -0.25) is 9.29 Å². The molecule has 0 bridgehead atoms. The summed E-state index contributed by atoms with van der Waals surface area (Å²) in [4.78, 5) is 9.52. The Morgan fingerprint density at radius 3 is 2.77 bits per heavy atom. The predicted molar refractivity (Wildman–Crippen MR) is 129 cm³/mol. The summed E-state index contributed by atoms with van der Waals surface area (Å²) in [5, 5.41) is 4.11. The van der Waals surface area contributed by atoms with Crippen LogP contribution in [0.2, 0.25) is 0 Å². The third kappa shape index (κ3) is 5.71. The van der Waals surface area contributed by atoms with Crippen LogP contribution < -0.4 is 20.5 Å². The zero-order valence-electron chi connectivity index (χ0n) is 20.0. The zero-order valence-corrected chi connectivity index (χ0v) is 20.0. The molecule has 10 heteroatoms. The van der Waals surface area contributed by atoms with Gasteiger partial charge in [0.25, 0.3) is 5.92 Å². The van der Waals surface area contributed by atoms with Gasteiger partial charge in [-0.15, -0.1) is 0 Å². The molecule has 0 saturated heterocycles. The lowest BCUT2D eigenvalue weighted by Gasteiger charge is -2.41. The SMILES string of the molecule is COc1nc(OCCNCCCF)ccc1[C@@H]1c2[nH]c3ccccc3c2C[C@@H](N)N1CC(C)(F)F. The van der Waals surface area contributed by atoms with E-state index in [0.29, 0.717) is 44.0 Å². The number of hydrogen-bond acceptors (Lipinski definition) is 6. The van der Waals surface area contributed by atoms with Gasteiger partial charge in [0.05, 0.1) is 32.5 Å². The quantitative estimate of drug-likeness (QED) is 0.354. The van der Waals surface area contributed by atoms with Crippen molar-refractivity contribution >= 4 is 10.9 Å². The molecule has 4 N–H and O–H groups in total. The summed E-state index contributed by atoms with van der Waals surface area (Å²) in [7, 11) is 1.49. The van der Waals surface area contributed by atoms with E-state index in [2.05, 4.69) is 15.3 Å². The van der Waals surface area contributed by atoms with Crippen LogP contribution in [-0.2, 0) is 6.42 Å². The number of nitrogens with zero attached hydrogens (tertiary/aromatic N) is 2. The van der Waals surface area contributed by atoms with E-state index >= 15 is 0 Å². The maximum absolute atomic E-state index is 14.2. The van der Waals surface area contributed by atoms with E-state index in [0.717, 1.165) is 29.1 Å². The summed E-state index contributed by atoms with van der Waals surface area (Å²) in [5.74, 6) is -2.32. The van der Waals surface area contributed by atoms with Crippen LogP contribution in [0.5, 0.6) is 11.8 Å². The molecule has 2 atom stereocenters. The summed E-state index contributed by atoms with van der Waals surface area (Å²) in [5.41, 5.74) is 9.84. The van der Waals surface area contributed by atoms with Gasteiger partial charge in [-0.1, -0.05) is 18.2 Å². The Labute approximate surface area is 202 Å². The molecule has 0 amide bonds. The first-order valence-corrected chi connectivity index (χ1v) is 11.8. The van der Waals surface area contributed by atoms with E-state index in [4.69, 9.17) is 15.2 Å². The van der Waals surface area contributed by atoms with Crippen molar-refractivity contribution in [3.8, 4) is 11.8 Å². The third-order valence-corrected chi connectivity index (χ3v) is 6.12. The minimum atomic E-state index is -2.95. The number of methoxy groups -OCH3 is 1. The molecule has 7 nitrogen and oxygen atoms in total. The topological polar surface area (TPSA) is 88.4 Å². The number of pyridine rings is 1. The monoisotopic (exact) mass is 491 g/mol. The van der Waals surface area contributed by atoms with Crippen molar-refractivity contribution in [1.82, 2.24) is 20.2 Å². The molecule has 35 heavy (non-hydrogen) atoms. The van der Waals surface area contributed by atoms with Crippen molar-refractivity contribution in [2.24, 2.45) is 5.73 Å². The van der Waals surface area contributed by atoms with Crippen LogP contribution in [0.15, 0.2) is 36.4 Å². The molecule has 3 heterocycles. The minimum absolute atomic E-state index is 0.279. The highest BCUT2D eigenvalue weighted by molar-refractivity contribution is 5.85. The molecule has 0 saturated carbocycles. The fourth-order valence-electron chi connectivity index (χ4n) is 4.65. The van der Waals surface area contributed by atoms with E-state index in [-0.39, 0.29) is 12.6 Å². The minimum Gasteiger partial charge on any atom is -0.481 e. The molecule has 2 aromatic heterocycles.